The number of amides is 1. The van der Waals surface area contributed by atoms with Crippen LogP contribution in [0.25, 0.3) is 0 Å². The molecule has 146 valence electrons. The van der Waals surface area contributed by atoms with Gasteiger partial charge < -0.3 is 19.7 Å². The smallest absolute Gasteiger partial charge is 0.234 e. The van der Waals surface area contributed by atoms with Gasteiger partial charge in [0, 0.05) is 6.54 Å². The second-order valence-electron chi connectivity index (χ2n) is 6.03. The van der Waals surface area contributed by atoms with E-state index in [4.69, 9.17) is 4.74 Å². The number of nitrogens with one attached hydrogen (secondary N) is 1. The number of hydrogen-bond donors (Lipinski definition) is 2. The molecule has 2 aromatic carbocycles. The molecule has 0 aliphatic heterocycles. The van der Waals surface area contributed by atoms with Gasteiger partial charge in [0.05, 0.1) is 36.5 Å². The molecule has 3 aromatic rings. The number of carbonyl (C=O) groups is 1. The van der Waals surface area contributed by atoms with Crippen LogP contribution in [0.2, 0.25) is 0 Å². The minimum absolute atomic E-state index is 0.103. The van der Waals surface area contributed by atoms with Crippen LogP contribution >= 0.6 is 11.8 Å². The summed E-state index contributed by atoms with van der Waals surface area (Å²) in [5.41, 5.74) is 2.47. The number of ether oxygens (including phenoxy) is 1. The first kappa shape index (κ1) is 20.0. The highest BCUT2D eigenvalue weighted by molar-refractivity contribution is 7.99. The zero-order chi connectivity index (χ0) is 19.8. The van der Waals surface area contributed by atoms with Crippen LogP contribution in [0.1, 0.15) is 18.2 Å². The van der Waals surface area contributed by atoms with Crippen molar-refractivity contribution in [3.05, 3.63) is 72.1 Å². The summed E-state index contributed by atoms with van der Waals surface area (Å²) in [6.45, 7) is 2.92. The van der Waals surface area contributed by atoms with Gasteiger partial charge in [-0.25, -0.2) is 4.98 Å². The minimum atomic E-state index is -0.142. The van der Waals surface area contributed by atoms with Crippen molar-refractivity contribution in [1.29, 1.82) is 0 Å². The number of anilines is 1. The highest BCUT2D eigenvalue weighted by Gasteiger charge is 2.13. The predicted octanol–water partition coefficient (Wildman–Crippen LogP) is 3.55. The molecule has 0 bridgehead atoms. The van der Waals surface area contributed by atoms with E-state index >= 15 is 0 Å². The molecule has 28 heavy (non-hydrogen) atoms. The van der Waals surface area contributed by atoms with E-state index in [0.717, 1.165) is 5.56 Å². The van der Waals surface area contributed by atoms with Gasteiger partial charge in [0.15, 0.2) is 5.16 Å². The Morgan fingerprint density at radius 3 is 2.68 bits per heavy atom. The average Bonchev–Trinajstić information content (AvgIpc) is 3.10. The van der Waals surface area contributed by atoms with E-state index in [9.17, 15) is 9.90 Å². The largest absolute Gasteiger partial charge is 0.492 e. The number of carbonyl (C=O) groups excluding carboxylic acids is 1. The number of rotatable bonds is 9. The average molecular weight is 398 g/mol. The topological polar surface area (TPSA) is 76.4 Å². The summed E-state index contributed by atoms with van der Waals surface area (Å²) in [7, 11) is 0. The van der Waals surface area contributed by atoms with Crippen LogP contribution in [0.15, 0.2) is 66.0 Å². The number of thioether (sulfide) groups is 1. The van der Waals surface area contributed by atoms with E-state index < -0.39 is 0 Å². The third-order valence-electron chi connectivity index (χ3n) is 4.04. The molecule has 3 rings (SSSR count). The van der Waals surface area contributed by atoms with E-state index in [-0.39, 0.29) is 18.3 Å². The summed E-state index contributed by atoms with van der Waals surface area (Å²) < 4.78 is 7.47. The van der Waals surface area contributed by atoms with Gasteiger partial charge in [-0.2, -0.15) is 0 Å². The highest BCUT2D eigenvalue weighted by Crippen LogP contribution is 2.25. The monoisotopic (exact) mass is 397 g/mol. The maximum Gasteiger partial charge on any atom is 0.234 e. The number of aliphatic hydroxyl groups is 1. The quantitative estimate of drug-likeness (QED) is 0.540. The molecule has 0 spiro atoms. The van der Waals surface area contributed by atoms with Crippen LogP contribution in [0.5, 0.6) is 5.75 Å². The van der Waals surface area contributed by atoms with Crippen molar-refractivity contribution in [1.82, 2.24) is 9.55 Å². The molecular formula is C21H23N3O3S. The number of aliphatic hydroxyl groups excluding tert-OH is 1. The van der Waals surface area contributed by atoms with E-state index in [0.29, 0.717) is 35.4 Å². The molecule has 0 atom stereocenters. The maximum absolute atomic E-state index is 12.4. The SMILES string of the molecule is CCOc1ccccc1NC(=O)CSc1ncc(CO)n1Cc1ccccc1. The molecule has 1 heterocycles. The van der Waals surface area contributed by atoms with Crippen LogP contribution in [0.4, 0.5) is 5.69 Å². The van der Waals surface area contributed by atoms with Gasteiger partial charge in [-0.05, 0) is 24.6 Å². The first-order valence-electron chi connectivity index (χ1n) is 9.05. The molecule has 0 fully saturated rings. The number of aromatic nitrogens is 2. The van der Waals surface area contributed by atoms with Gasteiger partial charge >= 0.3 is 0 Å². The summed E-state index contributed by atoms with van der Waals surface area (Å²) in [5, 5.41) is 13.2. The molecule has 1 amide bonds. The summed E-state index contributed by atoms with van der Waals surface area (Å²) in [6.07, 6.45) is 1.65. The lowest BCUT2D eigenvalue weighted by molar-refractivity contribution is -0.113. The molecule has 7 heteroatoms. The third-order valence-corrected chi connectivity index (χ3v) is 5.03. The Morgan fingerprint density at radius 1 is 1.18 bits per heavy atom. The van der Waals surface area contributed by atoms with Gasteiger partial charge in [-0.1, -0.05) is 54.2 Å². The molecule has 2 N–H and O–H groups in total. The van der Waals surface area contributed by atoms with Gasteiger partial charge in [-0.3, -0.25) is 4.79 Å². The highest BCUT2D eigenvalue weighted by atomic mass is 32.2. The van der Waals surface area contributed by atoms with Crippen molar-refractivity contribution in [2.45, 2.75) is 25.2 Å². The fourth-order valence-electron chi connectivity index (χ4n) is 2.74. The van der Waals surface area contributed by atoms with Crippen LogP contribution in [-0.2, 0) is 17.9 Å². The van der Waals surface area contributed by atoms with Crippen LogP contribution in [-0.4, -0.2) is 32.9 Å². The predicted molar refractivity (Wildman–Crippen MR) is 111 cm³/mol. The fourth-order valence-corrected chi connectivity index (χ4v) is 3.53. The molecule has 0 saturated carbocycles. The van der Waals surface area contributed by atoms with Crippen LogP contribution in [0.3, 0.4) is 0 Å². The van der Waals surface area contributed by atoms with Crippen molar-refractivity contribution >= 4 is 23.4 Å². The number of imidazole rings is 1. The minimum Gasteiger partial charge on any atom is -0.492 e. The molecule has 0 radical (unpaired) electrons. The Hall–Kier alpha value is -2.77. The first-order valence-corrected chi connectivity index (χ1v) is 10.0. The molecular weight excluding hydrogens is 374 g/mol. The second-order valence-corrected chi connectivity index (χ2v) is 6.97. The Kier molecular flexibility index (Phi) is 7.11. The van der Waals surface area contributed by atoms with Crippen molar-refractivity contribution in [2.75, 3.05) is 17.7 Å². The van der Waals surface area contributed by atoms with E-state index in [2.05, 4.69) is 10.3 Å². The van der Waals surface area contributed by atoms with Gasteiger partial charge in [0.1, 0.15) is 5.75 Å². The molecule has 6 nitrogen and oxygen atoms in total. The van der Waals surface area contributed by atoms with E-state index in [1.54, 1.807) is 6.20 Å². The lowest BCUT2D eigenvalue weighted by Gasteiger charge is -2.12. The molecule has 1 aromatic heterocycles. The molecule has 0 saturated heterocycles. The third kappa shape index (κ3) is 5.15. The normalized spacial score (nSPS) is 10.6. The fraction of sp³-hybridized carbons (Fsp3) is 0.238. The number of nitrogens with zero attached hydrogens (tertiary/aromatic N) is 2. The zero-order valence-electron chi connectivity index (χ0n) is 15.7. The lowest BCUT2D eigenvalue weighted by Crippen LogP contribution is -2.16. The standard InChI is InChI=1S/C21H23N3O3S/c1-2-27-19-11-7-6-10-18(19)23-20(26)15-28-21-22-12-17(14-25)24(21)13-16-8-4-3-5-9-16/h3-12,25H,2,13-15H2,1H3,(H,23,26). The molecule has 0 aliphatic rings. The van der Waals surface area contributed by atoms with E-state index in [1.165, 1.54) is 11.8 Å². The Labute approximate surface area is 168 Å². The van der Waals surface area contributed by atoms with Crippen molar-refractivity contribution < 1.29 is 14.6 Å². The maximum atomic E-state index is 12.4. The summed E-state index contributed by atoms with van der Waals surface area (Å²) >= 11 is 1.34. The van der Waals surface area contributed by atoms with Gasteiger partial charge in [0.25, 0.3) is 0 Å². The van der Waals surface area contributed by atoms with E-state index in [1.807, 2.05) is 66.1 Å². The molecule has 0 aliphatic carbocycles. The van der Waals surface area contributed by atoms with Crippen LogP contribution < -0.4 is 10.1 Å². The Balaban J connectivity index is 1.66. The van der Waals surface area contributed by atoms with Crippen molar-refractivity contribution in [2.24, 2.45) is 0 Å². The van der Waals surface area contributed by atoms with Crippen molar-refractivity contribution in [3.8, 4) is 5.75 Å². The molecule has 0 unspecified atom stereocenters. The second kappa shape index (κ2) is 9.96. The van der Waals surface area contributed by atoms with Gasteiger partial charge in [-0.15, -0.1) is 0 Å². The number of hydrogen-bond acceptors (Lipinski definition) is 5. The summed E-state index contributed by atoms with van der Waals surface area (Å²) in [5.74, 6) is 0.713. The number of benzene rings is 2. The Morgan fingerprint density at radius 2 is 1.93 bits per heavy atom. The Bertz CT molecular complexity index is 912. The summed E-state index contributed by atoms with van der Waals surface area (Å²) in [4.78, 5) is 16.8. The summed E-state index contributed by atoms with van der Waals surface area (Å²) in [6, 6.07) is 17.3. The lowest BCUT2D eigenvalue weighted by atomic mass is 10.2. The number of para-hydroxylation sites is 2. The van der Waals surface area contributed by atoms with Crippen molar-refractivity contribution in [3.63, 3.8) is 0 Å². The van der Waals surface area contributed by atoms with Gasteiger partial charge in [0.2, 0.25) is 5.91 Å². The first-order chi connectivity index (χ1) is 13.7. The van der Waals surface area contributed by atoms with Crippen LogP contribution in [0, 0.1) is 0 Å². The zero-order valence-corrected chi connectivity index (χ0v) is 16.5.